The van der Waals surface area contributed by atoms with Crippen LogP contribution in [0.4, 0.5) is 0 Å². The van der Waals surface area contributed by atoms with Crippen LogP contribution in [0.5, 0.6) is 0 Å². The van der Waals surface area contributed by atoms with Crippen molar-refractivity contribution in [1.29, 1.82) is 0 Å². The Kier molecular flexibility index (Phi) is 2.17. The minimum Gasteiger partial charge on any atom is -0.317 e. The molecular weight excluding hydrogens is 109 g/mol. The van der Waals surface area contributed by atoms with Crippen molar-refractivity contribution in [3.63, 3.8) is 0 Å². The zero-order chi connectivity index (χ0) is 6.74. The van der Waals surface area contributed by atoms with Gasteiger partial charge in [0.25, 0.3) is 0 Å². The lowest BCUT2D eigenvalue weighted by Gasteiger charge is -2.21. The maximum Gasteiger partial charge on any atom is 0.122 e. The monoisotopic (exact) mass is 125 g/mol. The van der Waals surface area contributed by atoms with Crippen molar-refractivity contribution >= 4 is 7.28 Å². The summed E-state index contributed by atoms with van der Waals surface area (Å²) in [5.41, 5.74) is 0.552. The van der Waals surface area contributed by atoms with Crippen molar-refractivity contribution in [3.05, 3.63) is 0 Å². The zero-order valence-corrected chi connectivity index (χ0v) is 6.54. The first-order valence-electron chi connectivity index (χ1n) is 3.91. The summed E-state index contributed by atoms with van der Waals surface area (Å²) in [5.74, 6) is 0. The van der Waals surface area contributed by atoms with Crippen LogP contribution in [-0.2, 0) is 0 Å². The maximum absolute atomic E-state index is 3.44. The predicted molar refractivity (Wildman–Crippen MR) is 43.4 cm³/mol. The lowest BCUT2D eigenvalue weighted by atomic mass is 9.63. The Morgan fingerprint density at radius 1 is 1.44 bits per heavy atom. The zero-order valence-electron chi connectivity index (χ0n) is 6.54. The van der Waals surface area contributed by atoms with Gasteiger partial charge in [0.15, 0.2) is 0 Å². The molecule has 0 aromatic heterocycles. The second kappa shape index (κ2) is 2.74. The van der Waals surface area contributed by atoms with Crippen LogP contribution in [0.1, 0.15) is 13.8 Å². The third kappa shape index (κ3) is 2.40. The minimum atomic E-state index is 0.552. The Hall–Kier alpha value is 0.0249. The highest BCUT2D eigenvalue weighted by Gasteiger charge is 2.19. The van der Waals surface area contributed by atoms with Crippen molar-refractivity contribution < 1.29 is 0 Å². The molecule has 1 rings (SSSR count). The molecule has 1 N–H and O–H groups in total. The van der Waals surface area contributed by atoms with E-state index in [2.05, 4.69) is 19.2 Å². The second-order valence-corrected chi connectivity index (χ2v) is 3.80. The van der Waals surface area contributed by atoms with Crippen LogP contribution < -0.4 is 5.32 Å². The van der Waals surface area contributed by atoms with Crippen LogP contribution in [0, 0.1) is 5.41 Å². The van der Waals surface area contributed by atoms with Gasteiger partial charge in [0.2, 0.25) is 0 Å². The van der Waals surface area contributed by atoms with Gasteiger partial charge in [-0.25, -0.2) is 0 Å². The molecular formula is C7H16BN. The first kappa shape index (κ1) is 7.14. The molecule has 0 atom stereocenters. The van der Waals surface area contributed by atoms with Crippen molar-refractivity contribution in [2.24, 2.45) is 5.41 Å². The molecule has 9 heavy (non-hydrogen) atoms. The van der Waals surface area contributed by atoms with E-state index in [1.165, 1.54) is 33.0 Å². The lowest BCUT2D eigenvalue weighted by Crippen LogP contribution is -2.26. The first-order chi connectivity index (χ1) is 4.21. The molecule has 1 fully saturated rings. The summed E-state index contributed by atoms with van der Waals surface area (Å²) in [7, 11) is 1.40. The first-order valence-corrected chi connectivity index (χ1v) is 3.91. The quantitative estimate of drug-likeness (QED) is 0.474. The molecule has 2 heteroatoms. The van der Waals surface area contributed by atoms with Crippen LogP contribution in [0.25, 0.3) is 0 Å². The molecule has 0 radical (unpaired) electrons. The normalized spacial score (nSPS) is 26.4. The van der Waals surface area contributed by atoms with E-state index in [0.29, 0.717) is 5.41 Å². The highest BCUT2D eigenvalue weighted by atomic mass is 14.9. The molecule has 52 valence electrons. The fourth-order valence-electron chi connectivity index (χ4n) is 1.37. The minimum absolute atomic E-state index is 0.552. The van der Waals surface area contributed by atoms with E-state index < -0.39 is 0 Å². The summed E-state index contributed by atoms with van der Waals surface area (Å²) in [6, 6.07) is 0. The summed E-state index contributed by atoms with van der Waals surface area (Å²) in [5, 5.41) is 3.44. The van der Waals surface area contributed by atoms with E-state index in [4.69, 9.17) is 0 Å². The fraction of sp³-hybridized carbons (Fsp3) is 1.00. The molecule has 0 amide bonds. The van der Waals surface area contributed by atoms with Crippen LogP contribution >= 0.6 is 0 Å². The van der Waals surface area contributed by atoms with Gasteiger partial charge in [-0.05, 0) is 18.5 Å². The Morgan fingerprint density at radius 3 is 3.00 bits per heavy atom. The largest absolute Gasteiger partial charge is 0.317 e. The highest BCUT2D eigenvalue weighted by molar-refractivity contribution is 6.35. The van der Waals surface area contributed by atoms with Crippen molar-refractivity contribution in [3.8, 4) is 0 Å². The van der Waals surface area contributed by atoms with Crippen LogP contribution in [0.15, 0.2) is 0 Å². The Bertz CT molecular complexity index is 80.9. The molecule has 1 saturated heterocycles. The highest BCUT2D eigenvalue weighted by Crippen LogP contribution is 2.21. The van der Waals surface area contributed by atoms with Crippen molar-refractivity contribution in [1.82, 2.24) is 5.32 Å². The van der Waals surface area contributed by atoms with Crippen LogP contribution in [-0.4, -0.2) is 20.4 Å². The van der Waals surface area contributed by atoms with Crippen LogP contribution in [0.3, 0.4) is 0 Å². The van der Waals surface area contributed by atoms with Gasteiger partial charge in [-0.3, -0.25) is 0 Å². The molecule has 0 aromatic rings. The molecule has 1 aliphatic heterocycles. The van der Waals surface area contributed by atoms with E-state index in [0.717, 1.165) is 0 Å². The lowest BCUT2D eigenvalue weighted by molar-refractivity contribution is 0.392. The summed E-state index contributed by atoms with van der Waals surface area (Å²) in [6.07, 6.45) is 2.75. The fourth-order valence-corrected chi connectivity index (χ4v) is 1.37. The molecule has 0 saturated carbocycles. The van der Waals surface area contributed by atoms with Gasteiger partial charge >= 0.3 is 0 Å². The van der Waals surface area contributed by atoms with E-state index in [-0.39, 0.29) is 0 Å². The Labute approximate surface area is 58.5 Å². The average Bonchev–Trinajstić information content (AvgIpc) is 1.92. The van der Waals surface area contributed by atoms with E-state index >= 15 is 0 Å². The molecule has 0 aliphatic carbocycles. The standard InChI is InChI=1S/C7H16BN/c1-7(2)5-8-3-4-9-6-7/h8-9H,3-6H2,1-2H3. The Balaban J connectivity index is 2.36. The Morgan fingerprint density at radius 2 is 2.22 bits per heavy atom. The van der Waals surface area contributed by atoms with Gasteiger partial charge in [0.1, 0.15) is 7.28 Å². The van der Waals surface area contributed by atoms with Gasteiger partial charge in [0.05, 0.1) is 0 Å². The van der Waals surface area contributed by atoms with Gasteiger partial charge in [-0.15, -0.1) is 0 Å². The molecule has 1 heterocycles. The maximum atomic E-state index is 3.44. The van der Waals surface area contributed by atoms with Gasteiger partial charge in [0, 0.05) is 0 Å². The van der Waals surface area contributed by atoms with Crippen molar-refractivity contribution in [2.45, 2.75) is 26.5 Å². The molecule has 0 bridgehead atoms. The van der Waals surface area contributed by atoms with Crippen molar-refractivity contribution in [2.75, 3.05) is 13.1 Å². The molecule has 0 unspecified atom stereocenters. The molecule has 1 nitrogen and oxygen atoms in total. The SMILES string of the molecule is CC1(C)CBCCNC1. The summed E-state index contributed by atoms with van der Waals surface area (Å²) in [6.45, 7) is 7.10. The van der Waals surface area contributed by atoms with E-state index in [1.54, 1.807) is 0 Å². The topological polar surface area (TPSA) is 12.0 Å². The number of hydrogen-bond acceptors (Lipinski definition) is 1. The number of nitrogens with one attached hydrogen (secondary N) is 1. The molecule has 0 aromatic carbocycles. The average molecular weight is 125 g/mol. The number of rotatable bonds is 0. The summed E-state index contributed by atoms with van der Waals surface area (Å²) >= 11 is 0. The van der Waals surface area contributed by atoms with Crippen LogP contribution in [0.2, 0.25) is 12.6 Å². The number of hydrogen-bond donors (Lipinski definition) is 1. The smallest absolute Gasteiger partial charge is 0.122 e. The van der Waals surface area contributed by atoms with Gasteiger partial charge < -0.3 is 5.32 Å². The van der Waals surface area contributed by atoms with Gasteiger partial charge in [-0.2, -0.15) is 0 Å². The van der Waals surface area contributed by atoms with E-state index in [1.807, 2.05) is 0 Å². The molecule has 0 spiro atoms. The molecule has 1 aliphatic rings. The van der Waals surface area contributed by atoms with Gasteiger partial charge in [-0.1, -0.05) is 26.5 Å². The summed E-state index contributed by atoms with van der Waals surface area (Å²) in [4.78, 5) is 0. The second-order valence-electron chi connectivity index (χ2n) is 3.80. The third-order valence-corrected chi connectivity index (χ3v) is 2.06. The third-order valence-electron chi connectivity index (χ3n) is 2.06. The summed E-state index contributed by atoms with van der Waals surface area (Å²) < 4.78 is 0. The van der Waals surface area contributed by atoms with E-state index in [9.17, 15) is 0 Å². The predicted octanol–water partition coefficient (Wildman–Crippen LogP) is 0.889.